The van der Waals surface area contributed by atoms with E-state index in [1.807, 2.05) is 30.3 Å². The first-order valence-corrected chi connectivity index (χ1v) is 14.1. The van der Waals surface area contributed by atoms with Gasteiger partial charge in [-0.2, -0.15) is 0 Å². The number of anilines is 2. The molecule has 0 radical (unpaired) electrons. The largest absolute Gasteiger partial charge is 0.463 e. The maximum atomic E-state index is 13.0. The Bertz CT molecular complexity index is 1380. The summed E-state index contributed by atoms with van der Waals surface area (Å²) >= 11 is 5.35. The number of benzene rings is 2. The molecule has 1 heterocycles. The van der Waals surface area contributed by atoms with Crippen LogP contribution in [-0.4, -0.2) is 71.9 Å². The molecule has 2 aromatic carbocycles. The number of para-hydroxylation sites is 1. The Morgan fingerprint density at radius 1 is 0.727 bits per heavy atom. The lowest BCUT2D eigenvalue weighted by molar-refractivity contribution is -0.252. The van der Waals surface area contributed by atoms with E-state index in [0.717, 1.165) is 32.1 Å². The van der Waals surface area contributed by atoms with Crippen molar-refractivity contribution in [1.82, 2.24) is 0 Å². The number of hydrogen-bond donors (Lipinski definition) is 2. The van der Waals surface area contributed by atoms with Crippen LogP contribution in [0.5, 0.6) is 0 Å². The summed E-state index contributed by atoms with van der Waals surface area (Å²) in [5.41, 5.74) is 2.30. The Morgan fingerprint density at radius 2 is 1.25 bits per heavy atom. The van der Waals surface area contributed by atoms with E-state index in [-0.39, 0.29) is 13.0 Å². The van der Waals surface area contributed by atoms with E-state index in [0.29, 0.717) is 10.7 Å². The van der Waals surface area contributed by atoms with Crippen LogP contribution < -0.4 is 10.6 Å². The van der Waals surface area contributed by atoms with Gasteiger partial charge >= 0.3 is 23.9 Å². The Balaban J connectivity index is 1.73. The highest BCUT2D eigenvalue weighted by molar-refractivity contribution is 7.80. The third kappa shape index (κ3) is 10.9. The van der Waals surface area contributed by atoms with Crippen LogP contribution in [0.25, 0.3) is 6.08 Å². The van der Waals surface area contributed by atoms with Gasteiger partial charge in [-0.1, -0.05) is 36.4 Å². The van der Waals surface area contributed by atoms with E-state index in [1.54, 1.807) is 30.3 Å². The zero-order chi connectivity index (χ0) is 32.2. The summed E-state index contributed by atoms with van der Waals surface area (Å²) in [5.74, 6) is -3.26. The van der Waals surface area contributed by atoms with Crippen LogP contribution in [0, 0.1) is 0 Å². The standard InChI is InChI=1S/C31H34N2O10S/c1-18(34)39-17-27-29(41-20(3)36)30(42-21(4)37)28(40-19(2)35)26(43-27)16-25(38)15-12-22-10-13-24(14-11-22)33-31(44)32-23-8-6-5-7-9-23/h5-15,26-30H,16-17H2,1-4H3,(H2,32,33,44)/b15-12+/t26-,27+,28-,29+,30+/m0/s1. The van der Waals surface area contributed by atoms with Gasteiger partial charge in [0.25, 0.3) is 0 Å². The van der Waals surface area contributed by atoms with E-state index < -0.39 is 60.2 Å². The van der Waals surface area contributed by atoms with Crippen molar-refractivity contribution >= 4 is 64.4 Å². The topological polar surface area (TPSA) is 156 Å². The van der Waals surface area contributed by atoms with Gasteiger partial charge in [0, 0.05) is 45.5 Å². The summed E-state index contributed by atoms with van der Waals surface area (Å²) in [4.78, 5) is 60.4. The Labute approximate surface area is 260 Å². The van der Waals surface area contributed by atoms with Gasteiger partial charge in [-0.05, 0) is 48.1 Å². The third-order valence-electron chi connectivity index (χ3n) is 6.15. The van der Waals surface area contributed by atoms with Crippen LogP contribution in [-0.2, 0) is 47.7 Å². The first kappa shape index (κ1) is 33.9. The predicted molar refractivity (Wildman–Crippen MR) is 163 cm³/mol. The van der Waals surface area contributed by atoms with Crippen molar-refractivity contribution < 1.29 is 47.7 Å². The summed E-state index contributed by atoms with van der Waals surface area (Å²) in [6.45, 7) is 4.21. The lowest BCUT2D eigenvalue weighted by Crippen LogP contribution is -2.62. The van der Waals surface area contributed by atoms with Gasteiger partial charge in [0.05, 0.1) is 0 Å². The van der Waals surface area contributed by atoms with Crippen LogP contribution in [0.15, 0.2) is 60.7 Å². The van der Waals surface area contributed by atoms with Crippen molar-refractivity contribution in [2.24, 2.45) is 0 Å². The number of carbonyl (C=O) groups is 5. The zero-order valence-corrected chi connectivity index (χ0v) is 25.5. The summed E-state index contributed by atoms with van der Waals surface area (Å²) in [6.07, 6.45) is -3.54. The van der Waals surface area contributed by atoms with Crippen molar-refractivity contribution in [2.45, 2.75) is 64.6 Å². The molecule has 1 fully saturated rings. The number of nitrogens with one attached hydrogen (secondary N) is 2. The number of ketones is 1. The van der Waals surface area contributed by atoms with E-state index in [1.165, 1.54) is 13.0 Å². The third-order valence-corrected chi connectivity index (χ3v) is 6.36. The van der Waals surface area contributed by atoms with Crippen LogP contribution in [0.2, 0.25) is 0 Å². The monoisotopic (exact) mass is 626 g/mol. The highest BCUT2D eigenvalue weighted by Gasteiger charge is 2.52. The first-order valence-electron chi connectivity index (χ1n) is 13.7. The summed E-state index contributed by atoms with van der Waals surface area (Å²) in [7, 11) is 0. The van der Waals surface area contributed by atoms with Gasteiger partial charge in [0.1, 0.15) is 18.8 Å². The van der Waals surface area contributed by atoms with Gasteiger partial charge in [-0.25, -0.2) is 0 Å². The second-order valence-electron chi connectivity index (χ2n) is 9.81. The molecule has 0 unspecified atom stereocenters. The molecule has 3 rings (SSSR count). The molecular weight excluding hydrogens is 592 g/mol. The average Bonchev–Trinajstić information content (AvgIpc) is 2.94. The maximum Gasteiger partial charge on any atom is 0.303 e. The van der Waals surface area contributed by atoms with Crippen molar-refractivity contribution in [3.05, 3.63) is 66.2 Å². The number of carbonyl (C=O) groups excluding carboxylic acids is 5. The molecule has 0 aliphatic carbocycles. The minimum Gasteiger partial charge on any atom is -0.463 e. The van der Waals surface area contributed by atoms with Crippen LogP contribution >= 0.6 is 12.2 Å². The number of allylic oxidation sites excluding steroid dienone is 1. The molecule has 13 heteroatoms. The molecule has 0 aromatic heterocycles. The fourth-order valence-electron chi connectivity index (χ4n) is 4.43. The second-order valence-corrected chi connectivity index (χ2v) is 10.2. The lowest BCUT2D eigenvalue weighted by Gasteiger charge is -2.44. The Morgan fingerprint density at radius 3 is 1.80 bits per heavy atom. The summed E-state index contributed by atoms with van der Waals surface area (Å²) in [6, 6.07) is 16.6. The number of ether oxygens (including phenoxy) is 5. The molecule has 1 saturated heterocycles. The number of hydrogen-bond acceptors (Lipinski definition) is 11. The van der Waals surface area contributed by atoms with Gasteiger partial charge in [-0.3, -0.25) is 24.0 Å². The van der Waals surface area contributed by atoms with Crippen LogP contribution in [0.3, 0.4) is 0 Å². The van der Waals surface area contributed by atoms with Crippen LogP contribution in [0.1, 0.15) is 39.7 Å². The average molecular weight is 627 g/mol. The van der Waals surface area contributed by atoms with E-state index in [9.17, 15) is 24.0 Å². The lowest BCUT2D eigenvalue weighted by atomic mass is 9.91. The minimum atomic E-state index is -1.33. The first-order chi connectivity index (χ1) is 20.9. The van der Waals surface area contributed by atoms with Crippen molar-refractivity contribution in [2.75, 3.05) is 17.2 Å². The quantitative estimate of drug-likeness (QED) is 0.162. The molecule has 12 nitrogen and oxygen atoms in total. The SMILES string of the molecule is CC(=O)OC[C@H]1O[C@@H](CC(=O)/C=C/c2ccc(NC(=S)Nc3ccccc3)cc2)[C@H](OC(C)=O)[C@@H](OC(C)=O)[C@@H]1OC(C)=O. The van der Waals surface area contributed by atoms with E-state index in [2.05, 4.69) is 10.6 Å². The van der Waals surface area contributed by atoms with Gasteiger partial charge in [-0.15, -0.1) is 0 Å². The number of rotatable bonds is 11. The zero-order valence-electron chi connectivity index (χ0n) is 24.6. The van der Waals surface area contributed by atoms with E-state index in [4.69, 9.17) is 35.9 Å². The molecule has 5 atom stereocenters. The molecule has 0 amide bonds. The molecule has 0 saturated carbocycles. The van der Waals surface area contributed by atoms with Crippen LogP contribution in [0.4, 0.5) is 11.4 Å². The van der Waals surface area contributed by atoms with Crippen molar-refractivity contribution in [1.29, 1.82) is 0 Å². The number of esters is 4. The molecular formula is C31H34N2O10S. The Kier molecular flexibility index (Phi) is 12.5. The van der Waals surface area contributed by atoms with Gasteiger partial charge in [0.2, 0.25) is 0 Å². The molecule has 2 aromatic rings. The van der Waals surface area contributed by atoms with E-state index >= 15 is 0 Å². The smallest absolute Gasteiger partial charge is 0.303 e. The fourth-order valence-corrected chi connectivity index (χ4v) is 4.67. The summed E-state index contributed by atoms with van der Waals surface area (Å²) < 4.78 is 27.2. The highest BCUT2D eigenvalue weighted by Crippen LogP contribution is 2.31. The van der Waals surface area contributed by atoms with Crippen molar-refractivity contribution in [3.63, 3.8) is 0 Å². The number of thiocarbonyl (C=S) groups is 1. The molecule has 1 aliphatic heterocycles. The minimum absolute atomic E-state index is 0.297. The fraction of sp³-hybridized carbons (Fsp3) is 0.355. The molecule has 0 bridgehead atoms. The maximum absolute atomic E-state index is 13.0. The molecule has 1 aliphatic rings. The molecule has 44 heavy (non-hydrogen) atoms. The normalized spacial score (nSPS) is 21.0. The highest BCUT2D eigenvalue weighted by atomic mass is 32.1. The second kappa shape index (κ2) is 16.3. The molecule has 234 valence electrons. The molecule has 0 spiro atoms. The van der Waals surface area contributed by atoms with Crippen molar-refractivity contribution in [3.8, 4) is 0 Å². The van der Waals surface area contributed by atoms with Gasteiger partial charge < -0.3 is 34.3 Å². The Hall–Kier alpha value is -4.62. The molecule has 2 N–H and O–H groups in total. The summed E-state index contributed by atoms with van der Waals surface area (Å²) in [5, 5.41) is 6.58. The van der Waals surface area contributed by atoms with Gasteiger partial charge in [0.15, 0.2) is 29.2 Å². The predicted octanol–water partition coefficient (Wildman–Crippen LogP) is 3.59.